The van der Waals surface area contributed by atoms with Crippen molar-refractivity contribution in [3.63, 3.8) is 0 Å². The monoisotopic (exact) mass is 356 g/mol. The Morgan fingerprint density at radius 1 is 0.926 bits per heavy atom. The molecule has 1 aromatic heterocycles. The van der Waals surface area contributed by atoms with E-state index in [-0.39, 0.29) is 0 Å². The zero-order chi connectivity index (χ0) is 18.6. The normalized spacial score (nSPS) is 11.3. The number of benzene rings is 3. The van der Waals surface area contributed by atoms with Crippen LogP contribution in [0.1, 0.15) is 16.8 Å². The van der Waals surface area contributed by atoms with Crippen LogP contribution in [0.4, 0.5) is 0 Å². The lowest BCUT2D eigenvalue weighted by Crippen LogP contribution is -1.99. The second-order valence-corrected chi connectivity index (χ2v) is 6.36. The molecule has 134 valence electrons. The Balaban J connectivity index is 1.65. The molecule has 0 aliphatic carbocycles. The summed E-state index contributed by atoms with van der Waals surface area (Å²) in [7, 11) is 0. The molecule has 0 radical (unpaired) electrons. The maximum Gasteiger partial charge on any atom is 0.119 e. The molecule has 0 bridgehead atoms. The highest BCUT2D eigenvalue weighted by Gasteiger charge is 2.13. The molecule has 4 heteroatoms. The van der Waals surface area contributed by atoms with Crippen LogP contribution in [0, 0.1) is 6.92 Å². The van der Waals surface area contributed by atoms with E-state index in [2.05, 4.69) is 15.8 Å². The predicted molar refractivity (Wildman–Crippen MR) is 108 cm³/mol. The van der Waals surface area contributed by atoms with E-state index in [0.29, 0.717) is 6.61 Å². The van der Waals surface area contributed by atoms with Gasteiger partial charge in [-0.3, -0.25) is 0 Å². The lowest BCUT2D eigenvalue weighted by molar-refractivity contribution is 0.306. The van der Waals surface area contributed by atoms with E-state index in [9.17, 15) is 0 Å². The predicted octanol–water partition coefficient (Wildman–Crippen LogP) is 5.33. The van der Waals surface area contributed by atoms with Gasteiger partial charge in [0.05, 0.1) is 11.7 Å². The molecule has 1 heterocycles. The zero-order valence-electron chi connectivity index (χ0n) is 15.0. The molecule has 0 saturated carbocycles. The summed E-state index contributed by atoms with van der Waals surface area (Å²) in [6.07, 6.45) is 1.49. The Morgan fingerprint density at radius 2 is 1.63 bits per heavy atom. The molecule has 0 fully saturated rings. The van der Waals surface area contributed by atoms with Crippen molar-refractivity contribution in [3.8, 4) is 11.4 Å². The third-order valence-electron chi connectivity index (χ3n) is 4.69. The van der Waals surface area contributed by atoms with Crippen molar-refractivity contribution in [3.05, 3.63) is 95.7 Å². The van der Waals surface area contributed by atoms with Gasteiger partial charge in [-0.15, -0.1) is 0 Å². The summed E-state index contributed by atoms with van der Waals surface area (Å²) >= 11 is 0. The van der Waals surface area contributed by atoms with Crippen LogP contribution in [0.25, 0.3) is 16.6 Å². The first-order chi connectivity index (χ1) is 13.3. The van der Waals surface area contributed by atoms with E-state index < -0.39 is 0 Å². The smallest absolute Gasteiger partial charge is 0.119 e. The summed E-state index contributed by atoms with van der Waals surface area (Å²) in [5.74, 6) is 0.828. The number of hydrogen-bond acceptors (Lipinski definition) is 3. The Morgan fingerprint density at radius 3 is 2.37 bits per heavy atom. The fraction of sp³-hybridized carbons (Fsp3) is 0.0870. The highest BCUT2D eigenvalue weighted by Crippen LogP contribution is 2.29. The first-order valence-electron chi connectivity index (χ1n) is 8.82. The molecule has 1 N–H and O–H groups in total. The van der Waals surface area contributed by atoms with Crippen LogP contribution >= 0.6 is 0 Å². The quantitative estimate of drug-likeness (QED) is 0.299. The number of ether oxygens (including phenoxy) is 1. The first kappa shape index (κ1) is 16.9. The molecule has 27 heavy (non-hydrogen) atoms. The fourth-order valence-corrected chi connectivity index (χ4v) is 3.38. The number of nitrogens with zero attached hydrogens (tertiary/aromatic N) is 2. The summed E-state index contributed by atoms with van der Waals surface area (Å²) in [6, 6.07) is 26.3. The van der Waals surface area contributed by atoms with Crippen LogP contribution in [0.3, 0.4) is 0 Å². The number of oxime groups is 1. The molecule has 4 rings (SSSR count). The third kappa shape index (κ3) is 3.29. The number of hydrogen-bond donors (Lipinski definition) is 1. The second kappa shape index (κ2) is 7.38. The lowest BCUT2D eigenvalue weighted by Gasteiger charge is -2.11. The molecule has 0 aliphatic rings. The minimum Gasteiger partial charge on any atom is -0.489 e. The number of para-hydroxylation sites is 1. The summed E-state index contributed by atoms with van der Waals surface area (Å²) in [4.78, 5) is 0. The van der Waals surface area contributed by atoms with E-state index in [1.165, 1.54) is 6.21 Å². The van der Waals surface area contributed by atoms with Crippen molar-refractivity contribution < 1.29 is 9.94 Å². The molecule has 3 aromatic carbocycles. The molecule has 0 atom stereocenters. The molecule has 0 saturated heterocycles. The van der Waals surface area contributed by atoms with Crippen molar-refractivity contribution in [1.29, 1.82) is 0 Å². The average molecular weight is 356 g/mol. The summed E-state index contributed by atoms with van der Waals surface area (Å²) in [6.45, 7) is 2.57. The maximum atomic E-state index is 9.02. The van der Waals surface area contributed by atoms with Crippen LogP contribution in [0.15, 0.2) is 84.0 Å². The van der Waals surface area contributed by atoms with Gasteiger partial charge in [-0.05, 0) is 42.8 Å². The molecule has 4 aromatic rings. The van der Waals surface area contributed by atoms with E-state index >= 15 is 0 Å². The number of rotatable bonds is 5. The zero-order valence-corrected chi connectivity index (χ0v) is 15.0. The van der Waals surface area contributed by atoms with Crippen LogP contribution in [-0.4, -0.2) is 16.0 Å². The minimum absolute atomic E-state index is 0.544. The fourth-order valence-electron chi connectivity index (χ4n) is 3.38. The van der Waals surface area contributed by atoms with Crippen LogP contribution in [-0.2, 0) is 6.61 Å². The molecule has 0 amide bonds. The second-order valence-electron chi connectivity index (χ2n) is 6.36. The van der Waals surface area contributed by atoms with Gasteiger partial charge >= 0.3 is 0 Å². The molecule has 0 unspecified atom stereocenters. The topological polar surface area (TPSA) is 46.8 Å². The summed E-state index contributed by atoms with van der Waals surface area (Å²) < 4.78 is 8.04. The van der Waals surface area contributed by atoms with Gasteiger partial charge in [0, 0.05) is 22.3 Å². The Hall–Kier alpha value is -3.53. The van der Waals surface area contributed by atoms with Crippen molar-refractivity contribution in [2.45, 2.75) is 13.5 Å². The summed E-state index contributed by atoms with van der Waals surface area (Å²) in [5.41, 5.74) is 5.18. The van der Waals surface area contributed by atoms with Crippen molar-refractivity contribution in [1.82, 2.24) is 4.57 Å². The van der Waals surface area contributed by atoms with Crippen molar-refractivity contribution in [2.24, 2.45) is 5.16 Å². The lowest BCUT2D eigenvalue weighted by atomic mass is 10.1. The van der Waals surface area contributed by atoms with Crippen LogP contribution in [0.2, 0.25) is 0 Å². The molecular weight excluding hydrogens is 336 g/mol. The molecular formula is C23H20N2O2. The molecule has 0 spiro atoms. The van der Waals surface area contributed by atoms with Crippen LogP contribution < -0.4 is 4.74 Å². The Bertz CT molecular complexity index is 1080. The van der Waals surface area contributed by atoms with E-state index in [1.807, 2.05) is 79.7 Å². The van der Waals surface area contributed by atoms with Gasteiger partial charge in [0.1, 0.15) is 12.4 Å². The number of fused-ring (bicyclic) bond motifs is 1. The van der Waals surface area contributed by atoms with E-state index in [4.69, 9.17) is 9.94 Å². The van der Waals surface area contributed by atoms with Gasteiger partial charge in [0.2, 0.25) is 0 Å². The van der Waals surface area contributed by atoms with Gasteiger partial charge < -0.3 is 14.5 Å². The van der Waals surface area contributed by atoms with Gasteiger partial charge in [0.25, 0.3) is 0 Å². The first-order valence-corrected chi connectivity index (χ1v) is 8.82. The maximum absolute atomic E-state index is 9.02. The largest absolute Gasteiger partial charge is 0.489 e. The van der Waals surface area contributed by atoms with Crippen LogP contribution in [0.5, 0.6) is 5.75 Å². The van der Waals surface area contributed by atoms with Gasteiger partial charge in [0.15, 0.2) is 0 Å². The van der Waals surface area contributed by atoms with Crippen molar-refractivity contribution >= 4 is 17.1 Å². The molecule has 0 aliphatic heterocycles. The van der Waals surface area contributed by atoms with E-state index in [0.717, 1.165) is 39.2 Å². The van der Waals surface area contributed by atoms with Gasteiger partial charge in [-0.25, -0.2) is 0 Å². The number of aromatic nitrogens is 1. The Kier molecular flexibility index (Phi) is 4.62. The SMILES string of the molecule is Cc1c(C=NO)c2ccccc2n1-c1ccc(OCc2ccccc2)cc1. The third-order valence-corrected chi connectivity index (χ3v) is 4.69. The van der Waals surface area contributed by atoms with Gasteiger partial charge in [-0.1, -0.05) is 53.7 Å². The highest BCUT2D eigenvalue weighted by molar-refractivity contribution is 6.01. The minimum atomic E-state index is 0.544. The highest BCUT2D eigenvalue weighted by atomic mass is 16.5. The Labute approximate surface area is 157 Å². The van der Waals surface area contributed by atoms with Gasteiger partial charge in [-0.2, -0.15) is 0 Å². The van der Waals surface area contributed by atoms with E-state index in [1.54, 1.807) is 0 Å². The van der Waals surface area contributed by atoms with Crippen molar-refractivity contribution in [2.75, 3.05) is 0 Å². The summed E-state index contributed by atoms with van der Waals surface area (Å²) in [5, 5.41) is 13.3. The standard InChI is InChI=1S/C23H20N2O2/c1-17-22(15-24-26)21-9-5-6-10-23(21)25(17)19-11-13-20(14-12-19)27-16-18-7-3-2-4-8-18/h2-15,26H,16H2,1H3. The molecule has 4 nitrogen and oxygen atoms in total. The average Bonchev–Trinajstić information content (AvgIpc) is 3.00.